The molecule has 0 fully saturated rings. The summed E-state index contributed by atoms with van der Waals surface area (Å²) in [5.41, 5.74) is 5.34. The van der Waals surface area contributed by atoms with Crippen LogP contribution >= 0.6 is 11.6 Å². The molecule has 4 rings (SSSR count). The third-order valence-electron chi connectivity index (χ3n) is 5.11. The molecule has 0 bridgehead atoms. The summed E-state index contributed by atoms with van der Waals surface area (Å²) in [5.74, 6) is 0.642. The number of nitrogens with one attached hydrogen (secondary N) is 2. The second-order valence-electron chi connectivity index (χ2n) is 7.25. The minimum atomic E-state index is 0.562. The molecule has 0 aliphatic rings. The van der Waals surface area contributed by atoms with Crippen molar-refractivity contribution in [1.82, 2.24) is 15.3 Å². The maximum Gasteiger partial charge on any atom is 0.137 e. The van der Waals surface area contributed by atoms with Gasteiger partial charge in [-0.25, -0.2) is 0 Å². The Morgan fingerprint density at radius 1 is 1.03 bits per heavy atom. The molecule has 0 atom stereocenters. The van der Waals surface area contributed by atoms with E-state index in [9.17, 15) is 5.26 Å². The summed E-state index contributed by atoms with van der Waals surface area (Å²) in [6.45, 7) is 1.81. The molecule has 2 aromatic carbocycles. The van der Waals surface area contributed by atoms with Gasteiger partial charge in [-0.1, -0.05) is 23.7 Å². The number of halogens is 1. The van der Waals surface area contributed by atoms with Crippen molar-refractivity contribution in [3.8, 4) is 11.8 Å². The topological polar surface area (TPSA) is 82.9 Å². The summed E-state index contributed by atoms with van der Waals surface area (Å²) in [6.07, 6.45) is 3.65. The lowest BCUT2D eigenvalue weighted by molar-refractivity contribution is 0.415. The fraction of sp³-hybridized carbons (Fsp3) is 0.160. The van der Waals surface area contributed by atoms with Crippen molar-refractivity contribution in [2.45, 2.75) is 19.6 Å². The molecule has 0 radical (unpaired) electrons. The Morgan fingerprint density at radius 2 is 1.94 bits per heavy atom. The summed E-state index contributed by atoms with van der Waals surface area (Å²) in [6, 6.07) is 19.3. The standard InChI is InChI=1S/C25H22ClN5O/c1-32-24-8-6-18(11-22(24)26)13-31-25-19(14-28-16-20-4-2-3-9-29-20)15-30-23-7-5-17(12-27)10-21(23)25/h2-11,15,28H,13-14,16H2,1H3,(H,30,31). The van der Waals surface area contributed by atoms with E-state index in [0.717, 1.165) is 33.4 Å². The Labute approximate surface area is 191 Å². The highest BCUT2D eigenvalue weighted by Gasteiger charge is 2.11. The number of hydrogen-bond donors (Lipinski definition) is 2. The van der Waals surface area contributed by atoms with Crippen molar-refractivity contribution in [1.29, 1.82) is 5.26 Å². The van der Waals surface area contributed by atoms with Gasteiger partial charge in [0.05, 0.1) is 35.0 Å². The summed E-state index contributed by atoms with van der Waals surface area (Å²) in [5, 5.41) is 17.8. The fourth-order valence-corrected chi connectivity index (χ4v) is 3.76. The number of nitriles is 1. The number of hydrogen-bond acceptors (Lipinski definition) is 6. The van der Waals surface area contributed by atoms with E-state index in [0.29, 0.717) is 36.0 Å². The molecule has 0 unspecified atom stereocenters. The van der Waals surface area contributed by atoms with Crippen molar-refractivity contribution >= 4 is 28.2 Å². The van der Waals surface area contributed by atoms with E-state index in [1.165, 1.54) is 0 Å². The minimum absolute atomic E-state index is 0.562. The van der Waals surface area contributed by atoms with Crippen molar-refractivity contribution < 1.29 is 4.74 Å². The number of aromatic nitrogens is 2. The number of nitrogens with zero attached hydrogens (tertiary/aromatic N) is 3. The van der Waals surface area contributed by atoms with Gasteiger partial charge >= 0.3 is 0 Å². The predicted molar refractivity (Wildman–Crippen MR) is 127 cm³/mol. The van der Waals surface area contributed by atoms with Crippen molar-refractivity contribution in [3.05, 3.63) is 94.4 Å². The molecule has 0 saturated carbocycles. The molecule has 0 amide bonds. The summed E-state index contributed by atoms with van der Waals surface area (Å²) in [4.78, 5) is 8.94. The Bertz CT molecular complexity index is 1270. The van der Waals surface area contributed by atoms with Gasteiger partial charge in [-0.3, -0.25) is 9.97 Å². The first-order valence-electron chi connectivity index (χ1n) is 10.2. The highest BCUT2D eigenvalue weighted by molar-refractivity contribution is 6.32. The molecule has 2 aromatic heterocycles. The normalized spacial score (nSPS) is 10.7. The van der Waals surface area contributed by atoms with Gasteiger partial charge in [0.1, 0.15) is 5.75 Å². The quantitative estimate of drug-likeness (QED) is 0.396. The Hall–Kier alpha value is -3.66. The minimum Gasteiger partial charge on any atom is -0.495 e. The van der Waals surface area contributed by atoms with Crippen LogP contribution in [0.1, 0.15) is 22.4 Å². The van der Waals surface area contributed by atoms with Crippen LogP contribution in [0.3, 0.4) is 0 Å². The Kier molecular flexibility index (Phi) is 6.81. The number of fused-ring (bicyclic) bond motifs is 1. The van der Waals surface area contributed by atoms with E-state index in [1.54, 1.807) is 19.4 Å². The van der Waals surface area contributed by atoms with Crippen LogP contribution in [0.15, 0.2) is 67.0 Å². The van der Waals surface area contributed by atoms with Crippen LogP contribution in [0, 0.1) is 11.3 Å². The number of benzene rings is 2. The second kappa shape index (κ2) is 10.1. The summed E-state index contributed by atoms with van der Waals surface area (Å²) in [7, 11) is 1.60. The third kappa shape index (κ3) is 4.97. The van der Waals surface area contributed by atoms with Crippen molar-refractivity contribution in [3.63, 3.8) is 0 Å². The van der Waals surface area contributed by atoms with Gasteiger partial charge in [-0.05, 0) is 48.0 Å². The fourth-order valence-electron chi connectivity index (χ4n) is 3.48. The first-order chi connectivity index (χ1) is 15.7. The van der Waals surface area contributed by atoms with Gasteiger partial charge in [0.25, 0.3) is 0 Å². The monoisotopic (exact) mass is 443 g/mol. The molecular weight excluding hydrogens is 422 g/mol. The van der Waals surface area contributed by atoms with Crippen molar-refractivity contribution in [2.75, 3.05) is 12.4 Å². The highest BCUT2D eigenvalue weighted by atomic mass is 35.5. The summed E-state index contributed by atoms with van der Waals surface area (Å²) >= 11 is 6.29. The number of anilines is 1. The van der Waals surface area contributed by atoms with Crippen LogP contribution < -0.4 is 15.4 Å². The van der Waals surface area contributed by atoms with Crippen LogP contribution in [0.5, 0.6) is 5.75 Å². The second-order valence-corrected chi connectivity index (χ2v) is 7.66. The molecule has 4 aromatic rings. The molecular formula is C25H22ClN5O. The number of rotatable bonds is 8. The molecule has 0 aliphatic heterocycles. The number of methoxy groups -OCH3 is 1. The van der Waals surface area contributed by atoms with E-state index < -0.39 is 0 Å². The van der Waals surface area contributed by atoms with Gasteiger partial charge in [0, 0.05) is 48.7 Å². The SMILES string of the molecule is COc1ccc(CNc2c(CNCc3ccccn3)cnc3ccc(C#N)cc23)cc1Cl. The summed E-state index contributed by atoms with van der Waals surface area (Å²) < 4.78 is 5.24. The molecule has 2 N–H and O–H groups in total. The van der Waals surface area contributed by atoms with E-state index in [4.69, 9.17) is 16.3 Å². The van der Waals surface area contributed by atoms with Crippen LogP contribution in [-0.2, 0) is 19.6 Å². The zero-order chi connectivity index (χ0) is 22.3. The van der Waals surface area contributed by atoms with Crippen LogP contribution in [0.4, 0.5) is 5.69 Å². The largest absolute Gasteiger partial charge is 0.495 e. The third-order valence-corrected chi connectivity index (χ3v) is 5.40. The van der Waals surface area contributed by atoms with E-state index in [2.05, 4.69) is 26.7 Å². The predicted octanol–water partition coefficient (Wildman–Crippen LogP) is 5.07. The first-order valence-corrected chi connectivity index (χ1v) is 10.5. The zero-order valence-corrected chi connectivity index (χ0v) is 18.4. The van der Waals surface area contributed by atoms with Gasteiger partial charge in [0.2, 0.25) is 0 Å². The molecule has 0 saturated heterocycles. The number of pyridine rings is 2. The molecule has 2 heterocycles. The zero-order valence-electron chi connectivity index (χ0n) is 17.6. The van der Waals surface area contributed by atoms with Crippen molar-refractivity contribution in [2.24, 2.45) is 0 Å². The smallest absolute Gasteiger partial charge is 0.137 e. The van der Waals surface area contributed by atoms with E-state index in [-0.39, 0.29) is 0 Å². The van der Waals surface area contributed by atoms with Crippen LogP contribution in [-0.4, -0.2) is 17.1 Å². The number of ether oxygens (including phenoxy) is 1. The van der Waals surface area contributed by atoms with Crippen LogP contribution in [0.25, 0.3) is 10.9 Å². The first kappa shape index (κ1) is 21.6. The average molecular weight is 444 g/mol. The Balaban J connectivity index is 1.61. The van der Waals surface area contributed by atoms with Gasteiger partial charge < -0.3 is 15.4 Å². The molecule has 0 spiro atoms. The maximum absolute atomic E-state index is 9.38. The molecule has 160 valence electrons. The lowest BCUT2D eigenvalue weighted by Crippen LogP contribution is -2.15. The Morgan fingerprint density at radius 3 is 2.69 bits per heavy atom. The highest BCUT2D eigenvalue weighted by Crippen LogP contribution is 2.29. The maximum atomic E-state index is 9.38. The van der Waals surface area contributed by atoms with Gasteiger partial charge in [0.15, 0.2) is 0 Å². The van der Waals surface area contributed by atoms with E-state index in [1.807, 2.05) is 54.7 Å². The lowest BCUT2D eigenvalue weighted by Gasteiger charge is -2.16. The van der Waals surface area contributed by atoms with Gasteiger partial charge in [-0.15, -0.1) is 0 Å². The molecule has 0 aliphatic carbocycles. The van der Waals surface area contributed by atoms with Crippen LogP contribution in [0.2, 0.25) is 5.02 Å². The molecule has 32 heavy (non-hydrogen) atoms. The van der Waals surface area contributed by atoms with Gasteiger partial charge in [-0.2, -0.15) is 5.26 Å². The molecule has 6 nitrogen and oxygen atoms in total. The average Bonchev–Trinajstić information content (AvgIpc) is 2.83. The van der Waals surface area contributed by atoms with E-state index >= 15 is 0 Å². The lowest BCUT2D eigenvalue weighted by atomic mass is 10.1. The molecule has 7 heteroatoms.